The molecule has 156 valence electrons. The molecule has 0 bridgehead atoms. The van der Waals surface area contributed by atoms with Gasteiger partial charge in [-0.05, 0) is 54.7 Å². The molecule has 0 saturated carbocycles. The van der Waals surface area contributed by atoms with Crippen LogP contribution in [0.4, 0.5) is 10.1 Å². The molecule has 1 heterocycles. The molecular weight excluding hydrogens is 431 g/mol. The zero-order valence-electron chi connectivity index (χ0n) is 15.4. The lowest BCUT2D eigenvalue weighted by Crippen LogP contribution is -2.43. The van der Waals surface area contributed by atoms with E-state index in [9.17, 15) is 17.6 Å². The quantitative estimate of drug-likeness (QED) is 0.339. The molecule has 11 heteroatoms. The van der Waals surface area contributed by atoms with Crippen LogP contribution in [0.25, 0.3) is 0 Å². The molecule has 0 unspecified atom stereocenters. The van der Waals surface area contributed by atoms with Gasteiger partial charge in [-0.3, -0.25) is 15.6 Å². The number of rotatable bonds is 6. The third-order valence-electron chi connectivity index (χ3n) is 3.83. The van der Waals surface area contributed by atoms with Gasteiger partial charge in [0.15, 0.2) is 5.11 Å². The maximum atomic E-state index is 13.6. The van der Waals surface area contributed by atoms with Crippen LogP contribution in [-0.4, -0.2) is 19.4 Å². The predicted molar refractivity (Wildman–Crippen MR) is 112 cm³/mol. The number of hydrogen-bond donors (Lipinski definition) is 4. The van der Waals surface area contributed by atoms with E-state index in [1.54, 1.807) is 18.2 Å². The minimum atomic E-state index is -3.86. The van der Waals surface area contributed by atoms with Crippen molar-refractivity contribution in [2.75, 3.05) is 5.32 Å². The second-order valence-electron chi connectivity index (χ2n) is 5.94. The molecule has 0 spiro atoms. The Morgan fingerprint density at radius 2 is 1.83 bits per heavy atom. The van der Waals surface area contributed by atoms with Crippen molar-refractivity contribution >= 4 is 38.9 Å². The van der Waals surface area contributed by atoms with Gasteiger partial charge in [0.2, 0.25) is 10.0 Å². The Bertz CT molecular complexity index is 1150. The molecule has 3 rings (SSSR count). The number of carbonyl (C=O) groups is 1. The Morgan fingerprint density at radius 3 is 2.57 bits per heavy atom. The third kappa shape index (κ3) is 5.63. The number of carbonyl (C=O) groups excluding carboxylic acids is 1. The van der Waals surface area contributed by atoms with Crippen LogP contribution < -0.4 is 20.9 Å². The van der Waals surface area contributed by atoms with Gasteiger partial charge in [0.25, 0.3) is 5.91 Å². The zero-order valence-corrected chi connectivity index (χ0v) is 17.0. The average Bonchev–Trinajstić information content (AvgIpc) is 3.26. The number of halogens is 1. The van der Waals surface area contributed by atoms with Gasteiger partial charge < -0.3 is 9.73 Å². The topological polar surface area (TPSA) is 112 Å². The highest BCUT2D eigenvalue weighted by atomic mass is 32.2. The summed E-state index contributed by atoms with van der Waals surface area (Å²) >= 11 is 5.00. The van der Waals surface area contributed by atoms with Gasteiger partial charge in [0, 0.05) is 5.56 Å². The Balaban J connectivity index is 1.60. The van der Waals surface area contributed by atoms with Crippen LogP contribution in [0.15, 0.2) is 76.2 Å². The second kappa shape index (κ2) is 9.48. The maximum Gasteiger partial charge on any atom is 0.269 e. The fraction of sp³-hybridized carbons (Fsp3) is 0.0526. The standard InChI is InChI=1S/C19H17FN4O4S2/c20-16-8-1-2-9-17(16)22-19(29)24-23-18(25)13-5-3-7-15(11-13)30(26,27)21-12-14-6-4-10-28-14/h1-11,21H,12H2,(H,23,25)(H2,22,24,29). The lowest BCUT2D eigenvalue weighted by atomic mass is 10.2. The number of hydrogen-bond acceptors (Lipinski definition) is 5. The molecule has 4 N–H and O–H groups in total. The number of anilines is 1. The summed E-state index contributed by atoms with van der Waals surface area (Å²) in [5.41, 5.74) is 4.98. The van der Waals surface area contributed by atoms with Crippen LogP contribution in [0.1, 0.15) is 16.1 Å². The van der Waals surface area contributed by atoms with Crippen LogP contribution in [0.3, 0.4) is 0 Å². The Labute approximate surface area is 177 Å². The fourth-order valence-electron chi connectivity index (χ4n) is 2.37. The molecule has 0 aliphatic heterocycles. The molecule has 2 aromatic carbocycles. The predicted octanol–water partition coefficient (Wildman–Crippen LogP) is 2.53. The fourth-order valence-corrected chi connectivity index (χ4v) is 3.57. The summed E-state index contributed by atoms with van der Waals surface area (Å²) in [5.74, 6) is -0.684. The number of furan rings is 1. The second-order valence-corrected chi connectivity index (χ2v) is 8.12. The van der Waals surface area contributed by atoms with Crippen molar-refractivity contribution in [3.05, 3.63) is 84.1 Å². The first-order chi connectivity index (χ1) is 14.3. The van der Waals surface area contributed by atoms with Crippen LogP contribution in [0.5, 0.6) is 0 Å². The first-order valence-corrected chi connectivity index (χ1v) is 10.5. The molecule has 0 aliphatic carbocycles. The Hall–Kier alpha value is -3.28. The summed E-state index contributed by atoms with van der Waals surface area (Å²) in [6.07, 6.45) is 1.44. The molecule has 30 heavy (non-hydrogen) atoms. The SMILES string of the molecule is O=C(NNC(=S)Nc1ccccc1F)c1cccc(S(=O)(=O)NCc2ccco2)c1. The highest BCUT2D eigenvalue weighted by molar-refractivity contribution is 7.89. The summed E-state index contributed by atoms with van der Waals surface area (Å²) < 4.78 is 46.0. The summed E-state index contributed by atoms with van der Waals surface area (Å²) in [6.45, 7) is -0.0245. The van der Waals surface area contributed by atoms with Gasteiger partial charge in [-0.1, -0.05) is 18.2 Å². The average molecular weight is 449 g/mol. The number of thiocarbonyl (C=S) groups is 1. The van der Waals surface area contributed by atoms with Crippen LogP contribution in [0, 0.1) is 5.82 Å². The molecule has 3 aromatic rings. The van der Waals surface area contributed by atoms with Gasteiger partial charge in [-0.25, -0.2) is 17.5 Å². The molecule has 1 aromatic heterocycles. The van der Waals surface area contributed by atoms with E-state index in [0.29, 0.717) is 5.76 Å². The van der Waals surface area contributed by atoms with Crippen molar-refractivity contribution in [3.63, 3.8) is 0 Å². The number of sulfonamides is 1. The monoisotopic (exact) mass is 448 g/mol. The van der Waals surface area contributed by atoms with Crippen molar-refractivity contribution in [2.24, 2.45) is 0 Å². The van der Waals surface area contributed by atoms with E-state index in [2.05, 4.69) is 20.9 Å². The lowest BCUT2D eigenvalue weighted by molar-refractivity contribution is 0.0944. The Morgan fingerprint density at radius 1 is 1.03 bits per heavy atom. The van der Waals surface area contributed by atoms with E-state index in [0.717, 1.165) is 0 Å². The molecule has 0 saturated heterocycles. The van der Waals surface area contributed by atoms with Crippen molar-refractivity contribution in [1.82, 2.24) is 15.6 Å². The Kier molecular flexibility index (Phi) is 6.77. The van der Waals surface area contributed by atoms with Crippen LogP contribution in [-0.2, 0) is 16.6 Å². The van der Waals surface area contributed by atoms with E-state index < -0.39 is 21.7 Å². The molecule has 0 radical (unpaired) electrons. The van der Waals surface area contributed by atoms with Crippen molar-refractivity contribution in [1.29, 1.82) is 0 Å². The molecular formula is C19H17FN4O4S2. The van der Waals surface area contributed by atoms with E-state index in [1.807, 2.05) is 0 Å². The highest BCUT2D eigenvalue weighted by Gasteiger charge is 2.17. The maximum absolute atomic E-state index is 13.6. The molecule has 1 amide bonds. The smallest absolute Gasteiger partial charge is 0.269 e. The van der Waals surface area contributed by atoms with Crippen molar-refractivity contribution in [2.45, 2.75) is 11.4 Å². The first-order valence-electron chi connectivity index (χ1n) is 8.59. The van der Waals surface area contributed by atoms with Gasteiger partial charge in [0.05, 0.1) is 23.4 Å². The van der Waals surface area contributed by atoms with E-state index in [1.165, 1.54) is 48.7 Å². The lowest BCUT2D eigenvalue weighted by Gasteiger charge is -2.12. The number of nitrogens with one attached hydrogen (secondary N) is 4. The number of benzene rings is 2. The zero-order chi connectivity index (χ0) is 21.6. The molecule has 0 fully saturated rings. The molecule has 8 nitrogen and oxygen atoms in total. The van der Waals surface area contributed by atoms with E-state index >= 15 is 0 Å². The minimum absolute atomic E-state index is 0.0245. The summed E-state index contributed by atoms with van der Waals surface area (Å²) in [5, 5.41) is 2.55. The number of para-hydroxylation sites is 1. The minimum Gasteiger partial charge on any atom is -0.468 e. The molecule has 0 aliphatic rings. The first kappa shape index (κ1) is 21.4. The van der Waals surface area contributed by atoms with Crippen molar-refractivity contribution in [3.8, 4) is 0 Å². The van der Waals surface area contributed by atoms with Gasteiger partial charge >= 0.3 is 0 Å². The van der Waals surface area contributed by atoms with Gasteiger partial charge in [-0.2, -0.15) is 0 Å². The largest absolute Gasteiger partial charge is 0.468 e. The van der Waals surface area contributed by atoms with Crippen molar-refractivity contribution < 1.29 is 22.0 Å². The summed E-state index contributed by atoms with van der Waals surface area (Å²) in [6, 6.07) is 14.6. The normalized spacial score (nSPS) is 11.0. The summed E-state index contributed by atoms with van der Waals surface area (Å²) in [4.78, 5) is 12.2. The van der Waals surface area contributed by atoms with E-state index in [4.69, 9.17) is 16.6 Å². The van der Waals surface area contributed by atoms with Gasteiger partial charge in [-0.15, -0.1) is 0 Å². The van der Waals surface area contributed by atoms with E-state index in [-0.39, 0.29) is 27.8 Å². The molecule has 0 atom stereocenters. The number of amides is 1. The highest BCUT2D eigenvalue weighted by Crippen LogP contribution is 2.13. The van der Waals surface area contributed by atoms with Gasteiger partial charge in [0.1, 0.15) is 11.6 Å². The van der Waals surface area contributed by atoms with Crippen LogP contribution in [0.2, 0.25) is 0 Å². The van der Waals surface area contributed by atoms with Crippen LogP contribution >= 0.6 is 12.2 Å². The summed E-state index contributed by atoms with van der Waals surface area (Å²) in [7, 11) is -3.86. The number of hydrazine groups is 1. The third-order valence-corrected chi connectivity index (χ3v) is 5.44.